The number of aryl methyl sites for hydroxylation is 2. The molecule has 2 aliphatic carbocycles. The van der Waals surface area contributed by atoms with Crippen molar-refractivity contribution in [1.82, 2.24) is 34.2 Å². The number of fused-ring (bicyclic) bond motifs is 2. The summed E-state index contributed by atoms with van der Waals surface area (Å²) in [5.74, 6) is 0.234. The summed E-state index contributed by atoms with van der Waals surface area (Å²) in [5.41, 5.74) is 5.27. The molecule has 9 heteroatoms. The Morgan fingerprint density at radius 2 is 1.94 bits per heavy atom. The van der Waals surface area contributed by atoms with Crippen molar-refractivity contribution < 1.29 is 0 Å². The van der Waals surface area contributed by atoms with Crippen LogP contribution in [0, 0.1) is 46.8 Å². The van der Waals surface area contributed by atoms with Gasteiger partial charge in [-0.25, -0.2) is 9.50 Å². The number of nitriles is 2. The molecule has 0 aliphatic heterocycles. The molecule has 9 nitrogen and oxygen atoms in total. The highest BCUT2D eigenvalue weighted by molar-refractivity contribution is 5.80. The van der Waals surface area contributed by atoms with Crippen molar-refractivity contribution in [2.45, 2.75) is 25.8 Å². The van der Waals surface area contributed by atoms with Crippen molar-refractivity contribution in [3.05, 3.63) is 42.7 Å². The molecular weight excluding hydrogens is 390 g/mol. The predicted molar refractivity (Wildman–Crippen MR) is 110 cm³/mol. The largest absolute Gasteiger partial charge is 0.275 e. The molecule has 31 heavy (non-hydrogen) atoms. The zero-order valence-corrected chi connectivity index (χ0v) is 17.1. The fourth-order valence-corrected chi connectivity index (χ4v) is 5.42. The Balaban J connectivity index is 1.44. The number of rotatable bonds is 4. The summed E-state index contributed by atoms with van der Waals surface area (Å²) in [6.45, 7) is 2.02. The van der Waals surface area contributed by atoms with Crippen molar-refractivity contribution in [3.63, 3.8) is 0 Å². The topological polar surface area (TPSA) is 113 Å². The molecule has 6 rings (SSSR count). The molecule has 0 spiro atoms. The first kappa shape index (κ1) is 17.8. The van der Waals surface area contributed by atoms with Crippen LogP contribution in [0.25, 0.3) is 28.0 Å². The summed E-state index contributed by atoms with van der Waals surface area (Å²) in [6.07, 6.45) is 12.5. The fraction of sp³-hybridized carbons (Fsp3) is 0.364. The molecular formula is C22H19N9. The van der Waals surface area contributed by atoms with Gasteiger partial charge in [0, 0.05) is 48.3 Å². The molecule has 4 atom stereocenters. The third kappa shape index (κ3) is 2.34. The lowest BCUT2D eigenvalue weighted by atomic mass is 9.74. The van der Waals surface area contributed by atoms with E-state index < -0.39 is 0 Å². The molecule has 2 aliphatic rings. The molecule has 4 heterocycles. The zero-order chi connectivity index (χ0) is 21.3. The molecule has 0 radical (unpaired) electrons. The van der Waals surface area contributed by atoms with Crippen LogP contribution in [0.15, 0.2) is 37.2 Å². The second-order valence-electron chi connectivity index (χ2n) is 8.69. The number of nitrogens with zero attached hydrogens (tertiary/aromatic N) is 9. The summed E-state index contributed by atoms with van der Waals surface area (Å²) in [7, 11) is 1.88. The minimum atomic E-state index is -0.0920. The van der Waals surface area contributed by atoms with Crippen molar-refractivity contribution in [1.29, 1.82) is 10.5 Å². The SMILES string of the molecule is Cc1cnn2cc(-c3cnn(C)c3)nc(-c3cnn(C4C5[C@@H](C#N)C[C@@]54CC#N)c3)c12. The maximum absolute atomic E-state index is 9.39. The van der Waals surface area contributed by atoms with Gasteiger partial charge in [-0.15, -0.1) is 0 Å². The van der Waals surface area contributed by atoms with Gasteiger partial charge in [0.1, 0.15) is 5.69 Å². The van der Waals surface area contributed by atoms with Crippen LogP contribution in [0.3, 0.4) is 0 Å². The highest BCUT2D eigenvalue weighted by atomic mass is 15.3. The van der Waals surface area contributed by atoms with Gasteiger partial charge in [-0.1, -0.05) is 0 Å². The van der Waals surface area contributed by atoms with Gasteiger partial charge in [0.05, 0.1) is 60.1 Å². The molecule has 2 fully saturated rings. The lowest BCUT2D eigenvalue weighted by Crippen LogP contribution is -2.24. The summed E-state index contributed by atoms with van der Waals surface area (Å²) in [6, 6.07) is 4.80. The minimum absolute atomic E-state index is 0.0156. The molecule has 4 aromatic rings. The first-order chi connectivity index (χ1) is 15.1. The number of hydrogen-bond donors (Lipinski definition) is 0. The molecule has 0 N–H and O–H groups in total. The predicted octanol–water partition coefficient (Wildman–Crippen LogP) is 2.92. The van der Waals surface area contributed by atoms with E-state index >= 15 is 0 Å². The monoisotopic (exact) mass is 409 g/mol. The Morgan fingerprint density at radius 1 is 1.10 bits per heavy atom. The van der Waals surface area contributed by atoms with E-state index in [0.29, 0.717) is 6.42 Å². The molecule has 0 amide bonds. The van der Waals surface area contributed by atoms with Crippen molar-refractivity contribution >= 4 is 5.52 Å². The molecule has 0 bridgehead atoms. The lowest BCUT2D eigenvalue weighted by molar-refractivity contribution is 0.230. The van der Waals surface area contributed by atoms with Crippen LogP contribution < -0.4 is 0 Å². The van der Waals surface area contributed by atoms with Crippen molar-refractivity contribution in [2.24, 2.45) is 24.3 Å². The average Bonchev–Trinajstić information content (AvgIpc) is 3.30. The number of aromatic nitrogens is 7. The Kier molecular flexibility index (Phi) is 3.46. The lowest BCUT2D eigenvalue weighted by Gasteiger charge is -2.26. The van der Waals surface area contributed by atoms with Crippen molar-refractivity contribution in [3.8, 4) is 34.7 Å². The van der Waals surface area contributed by atoms with Gasteiger partial charge in [0.15, 0.2) is 0 Å². The second-order valence-corrected chi connectivity index (χ2v) is 8.69. The molecule has 2 unspecified atom stereocenters. The Labute approximate surface area is 178 Å². The van der Waals surface area contributed by atoms with Gasteiger partial charge in [-0.2, -0.15) is 25.8 Å². The highest BCUT2D eigenvalue weighted by Gasteiger charge is 2.76. The maximum Gasteiger partial charge on any atom is 0.100 e. The van der Waals surface area contributed by atoms with Gasteiger partial charge in [-0.3, -0.25) is 9.36 Å². The van der Waals surface area contributed by atoms with Gasteiger partial charge in [-0.05, 0) is 18.9 Å². The summed E-state index contributed by atoms with van der Waals surface area (Å²) in [5, 5.41) is 32.0. The van der Waals surface area contributed by atoms with E-state index in [1.54, 1.807) is 10.9 Å². The Morgan fingerprint density at radius 3 is 2.68 bits per heavy atom. The van der Waals surface area contributed by atoms with Crippen LogP contribution >= 0.6 is 0 Å². The normalized spacial score (nSPS) is 26.1. The zero-order valence-electron chi connectivity index (χ0n) is 17.1. The first-order valence-corrected chi connectivity index (χ1v) is 10.2. The van der Waals surface area contributed by atoms with Crippen LogP contribution in [0.5, 0.6) is 0 Å². The van der Waals surface area contributed by atoms with E-state index in [0.717, 1.165) is 40.0 Å². The standard InChI is InChI=1S/C22H19N9/c1-13-7-26-30-12-17(15-8-25-29(2)10-15)28-19(20(13)30)16-9-27-31(11-16)21-18-14(6-24)5-22(18,21)3-4-23/h7-12,14,18,21H,3,5H2,1-2H3/t14-,18?,21?,22+/m1/s1. The van der Waals surface area contributed by atoms with Crippen molar-refractivity contribution in [2.75, 3.05) is 0 Å². The summed E-state index contributed by atoms with van der Waals surface area (Å²) >= 11 is 0. The van der Waals surface area contributed by atoms with E-state index in [1.165, 1.54) is 0 Å². The summed E-state index contributed by atoms with van der Waals surface area (Å²) < 4.78 is 5.53. The minimum Gasteiger partial charge on any atom is -0.275 e. The van der Waals surface area contributed by atoms with E-state index in [9.17, 15) is 10.5 Å². The van der Waals surface area contributed by atoms with Crippen LogP contribution in [-0.2, 0) is 7.05 Å². The van der Waals surface area contributed by atoms with E-state index in [4.69, 9.17) is 4.98 Å². The number of hydrogen-bond acceptors (Lipinski definition) is 6. The third-order valence-electron chi connectivity index (χ3n) is 6.93. The van der Waals surface area contributed by atoms with Gasteiger partial charge in [0.2, 0.25) is 0 Å². The van der Waals surface area contributed by atoms with Crippen LogP contribution in [0.4, 0.5) is 0 Å². The molecule has 0 saturated heterocycles. The third-order valence-corrected chi connectivity index (χ3v) is 6.93. The van der Waals surface area contributed by atoms with Crippen LogP contribution in [-0.4, -0.2) is 34.2 Å². The molecule has 152 valence electrons. The Bertz CT molecular complexity index is 1430. The highest BCUT2D eigenvalue weighted by Crippen LogP contribution is 2.78. The molecule has 4 aromatic heterocycles. The van der Waals surface area contributed by atoms with Gasteiger partial charge < -0.3 is 0 Å². The van der Waals surface area contributed by atoms with E-state index in [1.807, 2.05) is 54.2 Å². The molecule has 0 aromatic carbocycles. The smallest absolute Gasteiger partial charge is 0.100 e. The fourth-order valence-electron chi connectivity index (χ4n) is 5.42. The second kappa shape index (κ2) is 6.02. The maximum atomic E-state index is 9.39. The Hall–Kier alpha value is -3.98. The van der Waals surface area contributed by atoms with Crippen LogP contribution in [0.1, 0.15) is 24.4 Å². The van der Waals surface area contributed by atoms with E-state index in [-0.39, 0.29) is 23.3 Å². The van der Waals surface area contributed by atoms with Gasteiger partial charge >= 0.3 is 0 Å². The average molecular weight is 409 g/mol. The van der Waals surface area contributed by atoms with Crippen LogP contribution in [0.2, 0.25) is 0 Å². The summed E-state index contributed by atoms with van der Waals surface area (Å²) in [4.78, 5) is 4.95. The molecule has 2 saturated carbocycles. The van der Waals surface area contributed by atoms with Gasteiger partial charge in [0.25, 0.3) is 0 Å². The quantitative estimate of drug-likeness (QED) is 0.512. The first-order valence-electron chi connectivity index (χ1n) is 10.2. The van der Waals surface area contributed by atoms with E-state index in [2.05, 4.69) is 27.4 Å².